The molecule has 3 aromatic heterocycles. The van der Waals surface area contributed by atoms with Crippen LogP contribution in [0.4, 0.5) is 5.95 Å². The number of rotatable bonds is 3. The minimum Gasteiger partial charge on any atom is -0.342 e. The van der Waals surface area contributed by atoms with E-state index in [-0.39, 0.29) is 22.4 Å². The smallest absolute Gasteiger partial charge is 0.263 e. The number of H-pyrrole nitrogens is 2. The lowest BCUT2D eigenvalue weighted by molar-refractivity contribution is 0.187. The average molecular weight is 504 g/mol. The van der Waals surface area contributed by atoms with Gasteiger partial charge >= 0.3 is 0 Å². The molecule has 1 saturated carbocycles. The van der Waals surface area contributed by atoms with Gasteiger partial charge in [0.05, 0.1) is 11.2 Å². The fraction of sp³-hybridized carbons (Fsp3) is 0.333. The van der Waals surface area contributed by atoms with E-state index in [9.17, 15) is 4.79 Å². The summed E-state index contributed by atoms with van der Waals surface area (Å²) in [5.41, 5.74) is 12.6. The van der Waals surface area contributed by atoms with Crippen LogP contribution in [-0.2, 0) is 11.8 Å². The molecule has 0 radical (unpaired) electrons. The number of aromatic nitrogens is 5. The molecule has 2 aliphatic carbocycles. The Morgan fingerprint density at radius 3 is 2.58 bits per heavy atom. The maximum absolute atomic E-state index is 13.5. The summed E-state index contributed by atoms with van der Waals surface area (Å²) in [5, 5.41) is 9.46. The van der Waals surface area contributed by atoms with E-state index in [2.05, 4.69) is 61.5 Å². The number of hydrogen-bond donors (Lipinski definition) is 3. The van der Waals surface area contributed by atoms with Crippen molar-refractivity contribution >= 4 is 27.9 Å². The molecule has 2 aromatic carbocycles. The quantitative estimate of drug-likeness (QED) is 0.341. The van der Waals surface area contributed by atoms with Crippen LogP contribution < -0.4 is 16.2 Å². The van der Waals surface area contributed by atoms with Crippen LogP contribution in [0.5, 0.6) is 0 Å². The highest BCUT2D eigenvalue weighted by Gasteiger charge is 2.50. The van der Waals surface area contributed by atoms with E-state index in [1.807, 2.05) is 24.4 Å². The molecule has 5 aromatic rings. The van der Waals surface area contributed by atoms with Crippen molar-refractivity contribution in [3.05, 3.63) is 93.5 Å². The Kier molecular flexibility index (Phi) is 4.48. The van der Waals surface area contributed by atoms with Gasteiger partial charge in [0.15, 0.2) is 5.65 Å². The second-order valence-corrected chi connectivity index (χ2v) is 11.3. The van der Waals surface area contributed by atoms with E-state index in [1.54, 1.807) is 0 Å². The zero-order valence-electron chi connectivity index (χ0n) is 21.1. The van der Waals surface area contributed by atoms with Gasteiger partial charge in [-0.3, -0.25) is 19.9 Å². The number of nitrogens with zero attached hydrogens (tertiary/aromatic N) is 4. The van der Waals surface area contributed by atoms with Gasteiger partial charge < -0.3 is 10.6 Å². The summed E-state index contributed by atoms with van der Waals surface area (Å²) >= 11 is 0. The average Bonchev–Trinajstić information content (AvgIpc) is 3.56. The van der Waals surface area contributed by atoms with Crippen LogP contribution in [0.3, 0.4) is 0 Å². The second kappa shape index (κ2) is 7.74. The second-order valence-electron chi connectivity index (χ2n) is 11.3. The van der Waals surface area contributed by atoms with Crippen molar-refractivity contribution in [2.75, 3.05) is 18.0 Å². The van der Waals surface area contributed by atoms with E-state index in [4.69, 9.17) is 10.7 Å². The number of piperidine rings is 1. The summed E-state index contributed by atoms with van der Waals surface area (Å²) < 4.78 is 0. The van der Waals surface area contributed by atoms with Crippen molar-refractivity contribution in [1.29, 1.82) is 0 Å². The molecule has 8 nitrogen and oxygen atoms in total. The van der Waals surface area contributed by atoms with E-state index in [0.717, 1.165) is 61.8 Å². The van der Waals surface area contributed by atoms with Crippen molar-refractivity contribution in [3.63, 3.8) is 0 Å². The van der Waals surface area contributed by atoms with E-state index >= 15 is 0 Å². The Morgan fingerprint density at radius 2 is 1.76 bits per heavy atom. The van der Waals surface area contributed by atoms with Crippen LogP contribution in [0.25, 0.3) is 21.9 Å². The van der Waals surface area contributed by atoms with Gasteiger partial charge in [-0.15, -0.1) is 0 Å². The van der Waals surface area contributed by atoms with E-state index in [0.29, 0.717) is 17.0 Å². The fourth-order valence-corrected chi connectivity index (χ4v) is 7.16. The highest BCUT2D eigenvalue weighted by atomic mass is 16.1. The first-order valence-electron chi connectivity index (χ1n) is 13.5. The van der Waals surface area contributed by atoms with Crippen LogP contribution in [0.1, 0.15) is 54.1 Å². The van der Waals surface area contributed by atoms with Gasteiger partial charge in [-0.2, -0.15) is 10.1 Å². The molecular weight excluding hydrogens is 474 g/mol. The van der Waals surface area contributed by atoms with Crippen LogP contribution >= 0.6 is 0 Å². The number of aromatic amines is 2. The largest absolute Gasteiger partial charge is 0.342 e. The number of nitrogens with two attached hydrogens (primary N) is 1. The number of hydrogen-bond acceptors (Lipinski definition) is 6. The molecule has 0 unspecified atom stereocenters. The highest BCUT2D eigenvalue weighted by Crippen LogP contribution is 2.55. The molecule has 1 spiro atoms. The molecule has 4 heterocycles. The van der Waals surface area contributed by atoms with Gasteiger partial charge in [0.25, 0.3) is 5.56 Å². The summed E-state index contributed by atoms with van der Waals surface area (Å²) in [6.45, 7) is 1.62. The standard InChI is InChI=1S/C30H29N7O/c31-24-19-6-2-1-5-18(19)17-29(24)12-15-37(16-13-29)28-33-26-23(27(38)34-28)25(35-36-26)30(10-11-30)21-9-14-32-22-8-4-3-7-20(21)22/h1-9,14,24H,10-13,15-17,31H2,(H2,33,34,35,36,38)/t24-/m1/s1. The minimum absolute atomic E-state index is 0.0597. The molecule has 0 bridgehead atoms. The summed E-state index contributed by atoms with van der Waals surface area (Å²) in [6, 6.07) is 18.9. The predicted octanol–water partition coefficient (Wildman–Crippen LogP) is 4.12. The Morgan fingerprint density at radius 1 is 0.974 bits per heavy atom. The first kappa shape index (κ1) is 22.0. The first-order valence-corrected chi connectivity index (χ1v) is 13.5. The Balaban J connectivity index is 1.11. The zero-order valence-corrected chi connectivity index (χ0v) is 21.1. The lowest BCUT2D eigenvalue weighted by atomic mass is 9.73. The molecule has 38 heavy (non-hydrogen) atoms. The zero-order chi connectivity index (χ0) is 25.5. The molecule has 190 valence electrons. The Hall–Kier alpha value is -4.04. The maximum atomic E-state index is 13.5. The fourth-order valence-electron chi connectivity index (χ4n) is 7.16. The molecule has 1 saturated heterocycles. The first-order chi connectivity index (χ1) is 18.6. The van der Waals surface area contributed by atoms with Gasteiger partial charge in [-0.05, 0) is 66.3 Å². The lowest BCUT2D eigenvalue weighted by Gasteiger charge is -2.42. The topological polar surface area (TPSA) is 117 Å². The maximum Gasteiger partial charge on any atom is 0.263 e. The number of anilines is 1. The lowest BCUT2D eigenvalue weighted by Crippen LogP contribution is -2.45. The molecule has 1 atom stereocenters. The van der Waals surface area contributed by atoms with Crippen LogP contribution in [0.15, 0.2) is 65.6 Å². The number of nitrogens with one attached hydrogen (secondary N) is 2. The summed E-state index contributed by atoms with van der Waals surface area (Å²) in [4.78, 5) is 28.2. The third-order valence-electron chi connectivity index (χ3n) is 9.44. The van der Waals surface area contributed by atoms with Crippen molar-refractivity contribution in [1.82, 2.24) is 25.1 Å². The van der Waals surface area contributed by atoms with E-state index < -0.39 is 0 Å². The predicted molar refractivity (Wildman–Crippen MR) is 147 cm³/mol. The molecule has 1 aliphatic heterocycles. The number of benzene rings is 2. The van der Waals surface area contributed by atoms with Gasteiger partial charge in [-0.25, -0.2) is 0 Å². The van der Waals surface area contributed by atoms with Crippen molar-refractivity contribution in [2.24, 2.45) is 11.1 Å². The van der Waals surface area contributed by atoms with Crippen molar-refractivity contribution in [2.45, 2.75) is 43.6 Å². The van der Waals surface area contributed by atoms with Crippen LogP contribution in [-0.4, -0.2) is 38.2 Å². The molecule has 8 rings (SSSR count). The highest BCUT2D eigenvalue weighted by molar-refractivity contribution is 5.87. The van der Waals surface area contributed by atoms with Crippen LogP contribution in [0.2, 0.25) is 0 Å². The SMILES string of the molecule is N[C@@H]1c2ccccc2CC12CCN(c1nc3[nH]nc(C4(c5ccnc6ccccc56)CC4)c3c(=O)[nH]1)CC2. The molecule has 0 amide bonds. The Bertz CT molecular complexity index is 1770. The van der Waals surface area contributed by atoms with Crippen LogP contribution in [0, 0.1) is 5.41 Å². The van der Waals surface area contributed by atoms with Crippen molar-refractivity contribution < 1.29 is 0 Å². The number of fused-ring (bicyclic) bond motifs is 3. The van der Waals surface area contributed by atoms with Gasteiger partial charge in [0, 0.05) is 36.1 Å². The molecular formula is C30H29N7O. The van der Waals surface area contributed by atoms with E-state index in [1.165, 1.54) is 16.7 Å². The summed E-state index contributed by atoms with van der Waals surface area (Å²) in [6.07, 6.45) is 6.70. The van der Waals surface area contributed by atoms with Gasteiger partial charge in [0.2, 0.25) is 5.95 Å². The Labute approximate surface area is 219 Å². The number of para-hydroxylation sites is 1. The molecule has 8 heteroatoms. The summed E-state index contributed by atoms with van der Waals surface area (Å²) in [7, 11) is 0. The van der Waals surface area contributed by atoms with Crippen molar-refractivity contribution in [3.8, 4) is 0 Å². The van der Waals surface area contributed by atoms with Gasteiger partial charge in [0.1, 0.15) is 5.39 Å². The third kappa shape index (κ3) is 3.01. The number of pyridine rings is 1. The monoisotopic (exact) mass is 503 g/mol. The summed E-state index contributed by atoms with van der Waals surface area (Å²) in [5.74, 6) is 0.607. The third-order valence-corrected chi connectivity index (χ3v) is 9.44. The molecule has 3 aliphatic rings. The molecule has 2 fully saturated rings. The van der Waals surface area contributed by atoms with Gasteiger partial charge in [-0.1, -0.05) is 42.5 Å². The molecule has 4 N–H and O–H groups in total. The normalized spacial score (nSPS) is 21.3. The minimum atomic E-state index is -0.290.